The Kier molecular flexibility index (Phi) is 9.52. The quantitative estimate of drug-likeness (QED) is 0.362. The molecule has 3 aromatic rings. The summed E-state index contributed by atoms with van der Waals surface area (Å²) < 4.78 is 0.928. The highest BCUT2D eigenvalue weighted by Gasteiger charge is 2.30. The number of nitrogens with one attached hydrogen (secondary N) is 1. The molecule has 0 aromatic heterocycles. The molecule has 33 heavy (non-hydrogen) atoms. The maximum atomic E-state index is 13.6. The molecule has 0 radical (unpaired) electrons. The van der Waals surface area contributed by atoms with Gasteiger partial charge in [0.2, 0.25) is 11.8 Å². The summed E-state index contributed by atoms with van der Waals surface area (Å²) in [7, 11) is 0. The molecule has 0 aliphatic rings. The van der Waals surface area contributed by atoms with Gasteiger partial charge in [-0.2, -0.15) is 0 Å². The zero-order valence-corrected chi connectivity index (χ0v) is 21.0. The van der Waals surface area contributed by atoms with Gasteiger partial charge in [-0.05, 0) is 47.4 Å². The second kappa shape index (κ2) is 12.6. The first kappa shape index (κ1) is 25.0. The van der Waals surface area contributed by atoms with E-state index in [0.717, 1.165) is 27.6 Å². The molecule has 0 saturated heterocycles. The van der Waals surface area contributed by atoms with Crippen molar-refractivity contribution in [3.8, 4) is 0 Å². The number of hydrogen-bond donors (Lipinski definition) is 1. The van der Waals surface area contributed by atoms with Crippen LogP contribution in [0, 0.1) is 0 Å². The van der Waals surface area contributed by atoms with Crippen LogP contribution in [-0.4, -0.2) is 29.3 Å². The Balaban J connectivity index is 1.95. The van der Waals surface area contributed by atoms with Crippen LogP contribution in [0.15, 0.2) is 83.3 Å². The fourth-order valence-electron chi connectivity index (χ4n) is 3.68. The summed E-state index contributed by atoms with van der Waals surface area (Å²) in [5, 5.41) is 3.58. The Bertz CT molecular complexity index is 1070. The van der Waals surface area contributed by atoms with Crippen LogP contribution in [-0.2, 0) is 29.0 Å². The van der Waals surface area contributed by atoms with Crippen LogP contribution in [0.3, 0.4) is 0 Å². The molecule has 3 aromatic carbocycles. The van der Waals surface area contributed by atoms with Gasteiger partial charge >= 0.3 is 0 Å². The summed E-state index contributed by atoms with van der Waals surface area (Å²) in [5.74, 6) is -0.264. The summed E-state index contributed by atoms with van der Waals surface area (Å²) in [6, 6.07) is 24.3. The van der Waals surface area contributed by atoms with Gasteiger partial charge in [-0.25, -0.2) is 0 Å². The Hall–Kier alpha value is -2.63. The lowest BCUT2D eigenvalue weighted by molar-refractivity contribution is -0.140. The van der Waals surface area contributed by atoms with Crippen molar-refractivity contribution in [2.75, 3.05) is 6.54 Å². The van der Waals surface area contributed by atoms with Gasteiger partial charge in [0.1, 0.15) is 6.04 Å². The minimum Gasteiger partial charge on any atom is -0.354 e. The van der Waals surface area contributed by atoms with E-state index in [0.29, 0.717) is 24.5 Å². The molecule has 172 valence electrons. The Labute approximate surface area is 209 Å². The highest BCUT2D eigenvalue weighted by atomic mass is 79.9. The molecule has 6 heteroatoms. The molecule has 1 N–H and O–H groups in total. The van der Waals surface area contributed by atoms with Gasteiger partial charge in [-0.3, -0.25) is 9.59 Å². The van der Waals surface area contributed by atoms with Crippen LogP contribution < -0.4 is 5.32 Å². The van der Waals surface area contributed by atoms with Crippen LogP contribution in [0.5, 0.6) is 0 Å². The number of halogens is 2. The van der Waals surface area contributed by atoms with E-state index in [4.69, 9.17) is 11.6 Å². The zero-order valence-electron chi connectivity index (χ0n) is 18.6. The van der Waals surface area contributed by atoms with E-state index in [2.05, 4.69) is 21.2 Å². The topological polar surface area (TPSA) is 49.4 Å². The molecule has 2 amide bonds. The summed E-state index contributed by atoms with van der Waals surface area (Å²) >= 11 is 9.65. The third-order valence-corrected chi connectivity index (χ3v) is 6.03. The average molecular weight is 528 g/mol. The monoisotopic (exact) mass is 526 g/mol. The van der Waals surface area contributed by atoms with Crippen molar-refractivity contribution < 1.29 is 9.59 Å². The molecule has 4 nitrogen and oxygen atoms in total. The molecule has 0 spiro atoms. The predicted molar refractivity (Wildman–Crippen MR) is 137 cm³/mol. The number of benzene rings is 3. The van der Waals surface area contributed by atoms with Crippen molar-refractivity contribution in [2.24, 2.45) is 0 Å². The summed E-state index contributed by atoms with van der Waals surface area (Å²) in [5.41, 5.74) is 2.77. The number of hydrogen-bond acceptors (Lipinski definition) is 2. The average Bonchev–Trinajstić information content (AvgIpc) is 2.80. The van der Waals surface area contributed by atoms with E-state index in [1.54, 1.807) is 17.0 Å². The predicted octanol–water partition coefficient (Wildman–Crippen LogP) is 5.81. The number of nitrogens with zero attached hydrogens (tertiary/aromatic N) is 1. The van der Waals surface area contributed by atoms with E-state index in [1.165, 1.54) is 0 Å². The molecular formula is C27H28BrClN2O2. The van der Waals surface area contributed by atoms with E-state index < -0.39 is 6.04 Å². The fourth-order valence-corrected chi connectivity index (χ4v) is 4.33. The first-order valence-electron chi connectivity index (χ1n) is 11.1. The van der Waals surface area contributed by atoms with Crippen LogP contribution in [0.25, 0.3) is 0 Å². The minimum absolute atomic E-state index is 0.121. The van der Waals surface area contributed by atoms with Gasteiger partial charge in [0.25, 0.3) is 0 Å². The highest BCUT2D eigenvalue weighted by Crippen LogP contribution is 2.20. The maximum absolute atomic E-state index is 13.6. The summed E-state index contributed by atoms with van der Waals surface area (Å²) in [6.45, 7) is 2.91. The molecule has 0 saturated carbocycles. The molecule has 0 aliphatic carbocycles. The smallest absolute Gasteiger partial charge is 0.243 e. The van der Waals surface area contributed by atoms with Crippen LogP contribution in [0.1, 0.15) is 30.0 Å². The molecule has 0 bridgehead atoms. The molecule has 0 unspecified atom stereocenters. The van der Waals surface area contributed by atoms with E-state index in [9.17, 15) is 9.59 Å². The van der Waals surface area contributed by atoms with Gasteiger partial charge in [0, 0.05) is 29.0 Å². The van der Waals surface area contributed by atoms with Crippen molar-refractivity contribution in [1.82, 2.24) is 10.2 Å². The van der Waals surface area contributed by atoms with E-state index >= 15 is 0 Å². The van der Waals surface area contributed by atoms with Gasteiger partial charge in [0.05, 0.1) is 6.42 Å². The van der Waals surface area contributed by atoms with Gasteiger partial charge in [-0.1, -0.05) is 89.1 Å². The number of carbonyl (C=O) groups is 2. The Morgan fingerprint density at radius 3 is 2.33 bits per heavy atom. The van der Waals surface area contributed by atoms with Crippen molar-refractivity contribution >= 4 is 39.3 Å². The molecule has 0 heterocycles. The number of amides is 2. The molecule has 1 atom stereocenters. The second-order valence-corrected chi connectivity index (χ2v) is 9.31. The van der Waals surface area contributed by atoms with Crippen molar-refractivity contribution in [1.29, 1.82) is 0 Å². The second-order valence-electron chi connectivity index (χ2n) is 7.95. The Morgan fingerprint density at radius 2 is 1.64 bits per heavy atom. The highest BCUT2D eigenvalue weighted by molar-refractivity contribution is 9.10. The van der Waals surface area contributed by atoms with Crippen LogP contribution in [0.4, 0.5) is 0 Å². The summed E-state index contributed by atoms with van der Waals surface area (Å²) in [4.78, 5) is 28.6. The largest absolute Gasteiger partial charge is 0.354 e. The molecule has 0 fully saturated rings. The third-order valence-electron chi connectivity index (χ3n) is 5.31. The number of carbonyl (C=O) groups excluding carboxylic acids is 2. The summed E-state index contributed by atoms with van der Waals surface area (Å²) in [6.07, 6.45) is 1.43. The van der Waals surface area contributed by atoms with Crippen molar-refractivity contribution in [2.45, 2.75) is 38.8 Å². The Morgan fingerprint density at radius 1 is 0.939 bits per heavy atom. The zero-order chi connectivity index (χ0) is 23.6. The third kappa shape index (κ3) is 7.72. The molecular weight excluding hydrogens is 500 g/mol. The number of rotatable bonds is 10. The van der Waals surface area contributed by atoms with Gasteiger partial charge < -0.3 is 10.2 Å². The first-order chi connectivity index (χ1) is 16.0. The van der Waals surface area contributed by atoms with Gasteiger partial charge in [0.15, 0.2) is 0 Å². The van der Waals surface area contributed by atoms with E-state index in [-0.39, 0.29) is 18.2 Å². The normalized spacial score (nSPS) is 11.6. The standard InChI is InChI=1S/C27H28BrClN2O2/c1-2-14-30-27(33)25(17-20-8-4-3-5-9-20)31(19-22-11-6-12-23(28)15-22)26(32)18-21-10-7-13-24(29)16-21/h3-13,15-16,25H,2,14,17-19H2,1H3,(H,30,33)/t25-/m0/s1. The minimum atomic E-state index is -0.635. The first-order valence-corrected chi connectivity index (χ1v) is 12.2. The SMILES string of the molecule is CCCNC(=O)[C@H](Cc1ccccc1)N(Cc1cccc(Br)c1)C(=O)Cc1cccc(Cl)c1. The van der Waals surface area contributed by atoms with Crippen molar-refractivity contribution in [3.05, 3.63) is 105 Å². The van der Waals surface area contributed by atoms with Crippen LogP contribution in [0.2, 0.25) is 5.02 Å². The lowest BCUT2D eigenvalue weighted by atomic mass is 10.0. The van der Waals surface area contributed by atoms with E-state index in [1.807, 2.05) is 73.7 Å². The lowest BCUT2D eigenvalue weighted by Crippen LogP contribution is -2.51. The van der Waals surface area contributed by atoms with Gasteiger partial charge in [-0.15, -0.1) is 0 Å². The van der Waals surface area contributed by atoms with Crippen LogP contribution >= 0.6 is 27.5 Å². The fraction of sp³-hybridized carbons (Fsp3) is 0.259. The molecule has 0 aliphatic heterocycles. The lowest BCUT2D eigenvalue weighted by Gasteiger charge is -2.31. The maximum Gasteiger partial charge on any atom is 0.243 e. The molecule has 3 rings (SSSR count). The van der Waals surface area contributed by atoms with Crippen molar-refractivity contribution in [3.63, 3.8) is 0 Å².